The summed E-state index contributed by atoms with van der Waals surface area (Å²) in [6, 6.07) is 15.2. The highest BCUT2D eigenvalue weighted by Gasteiger charge is 2.24. The van der Waals surface area contributed by atoms with Gasteiger partial charge in [-0.25, -0.2) is 4.98 Å². The predicted octanol–water partition coefficient (Wildman–Crippen LogP) is 1.87. The summed E-state index contributed by atoms with van der Waals surface area (Å²) in [7, 11) is 1.62. The maximum Gasteiger partial charge on any atom is 0.260 e. The molecule has 0 unspecified atom stereocenters. The van der Waals surface area contributed by atoms with Crippen LogP contribution in [-0.2, 0) is 4.74 Å². The molecule has 146 valence electrons. The van der Waals surface area contributed by atoms with E-state index in [0.29, 0.717) is 12.1 Å². The lowest BCUT2D eigenvalue weighted by Crippen LogP contribution is -3.14. The molecule has 3 aromatic rings. The molecule has 0 atom stereocenters. The van der Waals surface area contributed by atoms with Gasteiger partial charge >= 0.3 is 0 Å². The van der Waals surface area contributed by atoms with Gasteiger partial charge in [-0.2, -0.15) is 0 Å². The summed E-state index contributed by atoms with van der Waals surface area (Å²) in [6.07, 6.45) is 0. The van der Waals surface area contributed by atoms with Crippen molar-refractivity contribution in [1.29, 1.82) is 0 Å². The van der Waals surface area contributed by atoms with Crippen molar-refractivity contribution in [3.63, 3.8) is 0 Å². The third-order valence-electron chi connectivity index (χ3n) is 4.98. The van der Waals surface area contributed by atoms with Crippen LogP contribution in [0.1, 0.15) is 10.4 Å². The lowest BCUT2D eigenvalue weighted by atomic mass is 10.2. The first-order valence-electron chi connectivity index (χ1n) is 9.47. The van der Waals surface area contributed by atoms with Crippen LogP contribution in [0.25, 0.3) is 10.2 Å². The monoisotopic (exact) mass is 398 g/mol. The lowest BCUT2D eigenvalue weighted by Gasteiger charge is -2.27. The molecule has 0 radical (unpaired) electrons. The number of hydrogen-bond donors (Lipinski definition) is 1. The van der Waals surface area contributed by atoms with Gasteiger partial charge in [-0.05, 0) is 36.4 Å². The van der Waals surface area contributed by atoms with E-state index in [-0.39, 0.29) is 5.91 Å². The molecule has 6 nitrogen and oxygen atoms in total. The standard InChI is InChI=1S/C21H23N3O3S/c1-26-17-8-6-16(7-9-17)20(25)24(11-10-23-12-14-27-15-13-23)21-22-18-4-2-3-5-19(18)28-21/h2-9H,10-15H2,1H3/p+1. The first-order chi connectivity index (χ1) is 13.7. The SMILES string of the molecule is COc1ccc(C(=O)N(CC[NH+]2CCOCC2)c2nc3ccccc3s2)cc1. The van der Waals surface area contributed by atoms with Crippen LogP contribution in [0.4, 0.5) is 5.13 Å². The van der Waals surface area contributed by atoms with Gasteiger partial charge in [0.1, 0.15) is 18.8 Å². The minimum Gasteiger partial charge on any atom is -0.497 e. The number of hydrogen-bond acceptors (Lipinski definition) is 5. The Labute approximate surface area is 168 Å². The van der Waals surface area contributed by atoms with Crippen LogP contribution >= 0.6 is 11.3 Å². The number of ether oxygens (including phenoxy) is 2. The van der Waals surface area contributed by atoms with Crippen LogP contribution in [0.2, 0.25) is 0 Å². The number of carbonyl (C=O) groups excluding carboxylic acids is 1. The largest absolute Gasteiger partial charge is 0.497 e. The van der Waals surface area contributed by atoms with Crippen LogP contribution in [0.5, 0.6) is 5.75 Å². The number of thiazole rings is 1. The second-order valence-electron chi connectivity index (χ2n) is 6.76. The zero-order valence-corrected chi connectivity index (χ0v) is 16.7. The highest BCUT2D eigenvalue weighted by molar-refractivity contribution is 7.22. The van der Waals surface area contributed by atoms with E-state index in [4.69, 9.17) is 14.5 Å². The highest BCUT2D eigenvalue weighted by atomic mass is 32.1. The number of nitrogens with zero attached hydrogens (tertiary/aromatic N) is 2. The molecule has 1 aliphatic rings. The Morgan fingerprint density at radius 3 is 2.64 bits per heavy atom. The second kappa shape index (κ2) is 8.68. The summed E-state index contributed by atoms with van der Waals surface area (Å²) in [5.41, 5.74) is 1.56. The van der Waals surface area contributed by atoms with Crippen LogP contribution in [0, 0.1) is 0 Å². The van der Waals surface area contributed by atoms with E-state index in [9.17, 15) is 4.79 Å². The number of rotatable bonds is 6. The number of benzene rings is 2. The highest BCUT2D eigenvalue weighted by Crippen LogP contribution is 2.29. The molecular formula is C21H24N3O3S+. The van der Waals surface area contributed by atoms with Crippen molar-refractivity contribution in [1.82, 2.24) is 4.98 Å². The smallest absolute Gasteiger partial charge is 0.260 e. The van der Waals surface area contributed by atoms with Crippen LogP contribution in [0.3, 0.4) is 0 Å². The maximum absolute atomic E-state index is 13.3. The van der Waals surface area contributed by atoms with Gasteiger partial charge in [-0.3, -0.25) is 9.69 Å². The van der Waals surface area contributed by atoms with Crippen molar-refractivity contribution < 1.29 is 19.2 Å². The Hall–Kier alpha value is -2.48. The number of fused-ring (bicyclic) bond motifs is 1. The van der Waals surface area contributed by atoms with Gasteiger partial charge in [0.25, 0.3) is 5.91 Å². The van der Waals surface area contributed by atoms with Gasteiger partial charge in [0.15, 0.2) is 5.13 Å². The first kappa shape index (κ1) is 18.9. The summed E-state index contributed by atoms with van der Waals surface area (Å²) < 4.78 is 11.7. The van der Waals surface area contributed by atoms with E-state index < -0.39 is 0 Å². The Morgan fingerprint density at radius 1 is 1.18 bits per heavy atom. The third-order valence-corrected chi connectivity index (χ3v) is 6.04. The number of nitrogens with one attached hydrogen (secondary N) is 1. The summed E-state index contributed by atoms with van der Waals surface area (Å²) in [4.78, 5) is 21.3. The number of para-hydroxylation sites is 1. The fourth-order valence-corrected chi connectivity index (χ4v) is 4.32. The van der Waals surface area contributed by atoms with E-state index in [0.717, 1.165) is 53.9 Å². The minimum atomic E-state index is -0.0330. The molecule has 0 aliphatic carbocycles. The zero-order valence-electron chi connectivity index (χ0n) is 15.9. The second-order valence-corrected chi connectivity index (χ2v) is 7.77. The summed E-state index contributed by atoms with van der Waals surface area (Å²) in [5.74, 6) is 0.704. The van der Waals surface area contributed by atoms with E-state index in [1.165, 1.54) is 4.90 Å². The summed E-state index contributed by atoms with van der Waals surface area (Å²) in [6.45, 7) is 5.02. The van der Waals surface area contributed by atoms with Crippen molar-refractivity contribution in [3.05, 3.63) is 54.1 Å². The molecule has 2 aromatic carbocycles. The fraction of sp³-hybridized carbons (Fsp3) is 0.333. The lowest BCUT2D eigenvalue weighted by molar-refractivity contribution is -0.906. The topological polar surface area (TPSA) is 56.1 Å². The van der Waals surface area contributed by atoms with Crippen LogP contribution < -0.4 is 14.5 Å². The maximum atomic E-state index is 13.3. The number of methoxy groups -OCH3 is 1. The van der Waals surface area contributed by atoms with Crippen molar-refractivity contribution in [2.24, 2.45) is 0 Å². The number of amides is 1. The molecule has 1 N–H and O–H groups in total. The molecule has 4 rings (SSSR count). The number of morpholine rings is 1. The molecule has 1 saturated heterocycles. The van der Waals surface area contributed by atoms with Crippen LogP contribution in [-0.4, -0.2) is 57.4 Å². The molecular weight excluding hydrogens is 374 g/mol. The number of carbonyl (C=O) groups is 1. The van der Waals surface area contributed by atoms with Crippen molar-refractivity contribution in [2.75, 3.05) is 51.4 Å². The quantitative estimate of drug-likeness (QED) is 0.689. The average molecular weight is 399 g/mol. The third kappa shape index (κ3) is 4.16. The van der Waals surface area contributed by atoms with E-state index in [1.807, 2.05) is 53.4 Å². The molecule has 1 amide bonds. The Balaban J connectivity index is 1.60. The molecule has 1 aromatic heterocycles. The van der Waals surface area contributed by atoms with Gasteiger partial charge in [-0.15, -0.1) is 0 Å². The van der Waals surface area contributed by atoms with E-state index in [1.54, 1.807) is 18.4 Å². The molecule has 0 bridgehead atoms. The predicted molar refractivity (Wildman–Crippen MR) is 111 cm³/mol. The van der Waals surface area contributed by atoms with Crippen molar-refractivity contribution in [3.8, 4) is 5.75 Å². The average Bonchev–Trinajstić information content (AvgIpc) is 3.18. The Kier molecular flexibility index (Phi) is 5.85. The van der Waals surface area contributed by atoms with E-state index in [2.05, 4.69) is 0 Å². The Morgan fingerprint density at radius 2 is 1.93 bits per heavy atom. The Bertz CT molecular complexity index is 902. The molecule has 28 heavy (non-hydrogen) atoms. The number of aromatic nitrogens is 1. The zero-order chi connectivity index (χ0) is 19.3. The van der Waals surface area contributed by atoms with E-state index >= 15 is 0 Å². The molecule has 0 spiro atoms. The fourth-order valence-electron chi connectivity index (χ4n) is 3.33. The van der Waals surface area contributed by atoms with Gasteiger partial charge in [0.2, 0.25) is 0 Å². The van der Waals surface area contributed by atoms with Crippen molar-refractivity contribution in [2.45, 2.75) is 0 Å². The van der Waals surface area contributed by atoms with Gasteiger partial charge in [0, 0.05) is 5.56 Å². The first-order valence-corrected chi connectivity index (χ1v) is 10.3. The van der Waals surface area contributed by atoms with Gasteiger partial charge < -0.3 is 14.4 Å². The minimum absolute atomic E-state index is 0.0330. The number of anilines is 1. The molecule has 7 heteroatoms. The van der Waals surface area contributed by atoms with Gasteiger partial charge in [0.05, 0.1) is 43.6 Å². The number of quaternary nitrogens is 1. The summed E-state index contributed by atoms with van der Waals surface area (Å²) in [5, 5.41) is 0.745. The normalized spacial score (nSPS) is 14.9. The van der Waals surface area contributed by atoms with Crippen LogP contribution in [0.15, 0.2) is 48.5 Å². The van der Waals surface area contributed by atoms with Gasteiger partial charge in [-0.1, -0.05) is 23.5 Å². The molecule has 1 aliphatic heterocycles. The summed E-state index contributed by atoms with van der Waals surface area (Å²) >= 11 is 1.56. The molecule has 1 fully saturated rings. The molecule has 0 saturated carbocycles. The van der Waals surface area contributed by atoms with Crippen molar-refractivity contribution >= 4 is 32.6 Å². The molecule has 2 heterocycles.